The number of halogens is 3. The molecule has 66 valence electrons. The van der Waals surface area contributed by atoms with Crippen LogP contribution in [0, 0.1) is 0 Å². The summed E-state index contributed by atoms with van der Waals surface area (Å²) in [7, 11) is 0. The molecule has 1 aliphatic rings. The fourth-order valence-corrected chi connectivity index (χ4v) is 0.798. The standard InChI is InChI=1S/C6H9F3O2/c1-5(6(7,8)9)10-3-2-4-11-5/h2-4H2,1H3. The molecule has 0 radical (unpaired) electrons. The third-order valence-electron chi connectivity index (χ3n) is 1.56. The highest BCUT2D eigenvalue weighted by molar-refractivity contribution is 4.75. The van der Waals surface area contributed by atoms with Gasteiger partial charge in [-0.1, -0.05) is 0 Å². The molecule has 0 bridgehead atoms. The summed E-state index contributed by atoms with van der Waals surface area (Å²) in [6.07, 6.45) is -3.92. The van der Waals surface area contributed by atoms with Crippen LogP contribution in [0.25, 0.3) is 0 Å². The van der Waals surface area contributed by atoms with Crippen LogP contribution in [0.2, 0.25) is 0 Å². The van der Waals surface area contributed by atoms with Gasteiger partial charge in [0.2, 0.25) is 0 Å². The van der Waals surface area contributed by atoms with Crippen LogP contribution >= 0.6 is 0 Å². The van der Waals surface area contributed by atoms with E-state index in [0.717, 1.165) is 6.92 Å². The van der Waals surface area contributed by atoms with Crippen molar-refractivity contribution >= 4 is 0 Å². The fourth-order valence-electron chi connectivity index (χ4n) is 0.798. The molecule has 0 spiro atoms. The van der Waals surface area contributed by atoms with E-state index in [1.54, 1.807) is 0 Å². The molecular weight excluding hydrogens is 161 g/mol. The molecule has 0 N–H and O–H groups in total. The predicted molar refractivity (Wildman–Crippen MR) is 31.0 cm³/mol. The minimum absolute atomic E-state index is 0.107. The van der Waals surface area contributed by atoms with Crippen molar-refractivity contribution in [3.05, 3.63) is 0 Å². The van der Waals surface area contributed by atoms with Crippen LogP contribution < -0.4 is 0 Å². The van der Waals surface area contributed by atoms with Crippen LogP contribution in [0.5, 0.6) is 0 Å². The van der Waals surface area contributed by atoms with Crippen LogP contribution in [0.1, 0.15) is 13.3 Å². The zero-order valence-electron chi connectivity index (χ0n) is 6.07. The van der Waals surface area contributed by atoms with E-state index < -0.39 is 12.0 Å². The van der Waals surface area contributed by atoms with Crippen LogP contribution in [-0.4, -0.2) is 25.2 Å². The lowest BCUT2D eigenvalue weighted by Crippen LogP contribution is -2.50. The molecule has 0 saturated carbocycles. The lowest BCUT2D eigenvalue weighted by Gasteiger charge is -2.34. The van der Waals surface area contributed by atoms with Crippen molar-refractivity contribution in [2.75, 3.05) is 13.2 Å². The fraction of sp³-hybridized carbons (Fsp3) is 1.00. The molecule has 1 rings (SSSR count). The zero-order valence-corrected chi connectivity index (χ0v) is 6.07. The summed E-state index contributed by atoms with van der Waals surface area (Å²) in [6.45, 7) is 1.11. The topological polar surface area (TPSA) is 18.5 Å². The van der Waals surface area contributed by atoms with Gasteiger partial charge in [0.15, 0.2) is 0 Å². The lowest BCUT2D eigenvalue weighted by molar-refractivity contribution is -0.387. The quantitative estimate of drug-likeness (QED) is 0.550. The highest BCUT2D eigenvalue weighted by atomic mass is 19.4. The molecule has 1 aliphatic heterocycles. The number of hydrogen-bond donors (Lipinski definition) is 0. The maximum atomic E-state index is 12.1. The van der Waals surface area contributed by atoms with E-state index >= 15 is 0 Å². The second-order valence-corrected chi connectivity index (χ2v) is 2.49. The highest BCUT2D eigenvalue weighted by Gasteiger charge is 2.54. The van der Waals surface area contributed by atoms with Gasteiger partial charge in [0.25, 0.3) is 5.79 Å². The molecule has 1 saturated heterocycles. The molecule has 11 heavy (non-hydrogen) atoms. The van der Waals surface area contributed by atoms with Crippen molar-refractivity contribution in [1.82, 2.24) is 0 Å². The Kier molecular flexibility index (Phi) is 2.11. The summed E-state index contributed by atoms with van der Waals surface area (Å²) >= 11 is 0. The lowest BCUT2D eigenvalue weighted by atomic mass is 10.3. The summed E-state index contributed by atoms with van der Waals surface area (Å²) in [5, 5.41) is 0. The third-order valence-corrected chi connectivity index (χ3v) is 1.56. The van der Waals surface area contributed by atoms with Crippen LogP contribution in [-0.2, 0) is 9.47 Å². The smallest absolute Gasteiger partial charge is 0.343 e. The average Bonchev–Trinajstić information content (AvgIpc) is 1.87. The second kappa shape index (κ2) is 2.64. The number of alkyl halides is 3. The molecule has 0 aromatic carbocycles. The largest absolute Gasteiger partial charge is 0.442 e. The van der Waals surface area contributed by atoms with Gasteiger partial charge in [-0.15, -0.1) is 0 Å². The van der Waals surface area contributed by atoms with E-state index in [4.69, 9.17) is 0 Å². The summed E-state index contributed by atoms with van der Waals surface area (Å²) in [4.78, 5) is 0. The molecule has 0 atom stereocenters. The molecule has 5 heteroatoms. The van der Waals surface area contributed by atoms with E-state index in [2.05, 4.69) is 9.47 Å². The molecule has 0 aromatic heterocycles. The molecule has 0 aromatic rings. The van der Waals surface area contributed by atoms with Crippen molar-refractivity contribution in [3.63, 3.8) is 0 Å². The Morgan fingerprint density at radius 1 is 1.18 bits per heavy atom. The van der Waals surface area contributed by atoms with Gasteiger partial charge in [-0.25, -0.2) is 0 Å². The number of hydrogen-bond acceptors (Lipinski definition) is 2. The molecule has 2 nitrogen and oxygen atoms in total. The Labute approximate surface area is 62.3 Å². The van der Waals surface area contributed by atoms with Crippen LogP contribution in [0.4, 0.5) is 13.2 Å². The first kappa shape index (κ1) is 8.80. The van der Waals surface area contributed by atoms with E-state index in [-0.39, 0.29) is 13.2 Å². The van der Waals surface area contributed by atoms with Gasteiger partial charge in [-0.3, -0.25) is 0 Å². The van der Waals surface area contributed by atoms with Crippen molar-refractivity contribution in [2.45, 2.75) is 25.3 Å². The van der Waals surface area contributed by atoms with E-state index in [1.807, 2.05) is 0 Å². The monoisotopic (exact) mass is 170 g/mol. The maximum absolute atomic E-state index is 12.1. The summed E-state index contributed by atoms with van der Waals surface area (Å²) in [5.41, 5.74) is 0. The first-order valence-corrected chi connectivity index (χ1v) is 3.30. The van der Waals surface area contributed by atoms with E-state index in [9.17, 15) is 13.2 Å². The van der Waals surface area contributed by atoms with Crippen LogP contribution in [0.3, 0.4) is 0 Å². The minimum atomic E-state index is -4.44. The highest BCUT2D eigenvalue weighted by Crippen LogP contribution is 2.36. The van der Waals surface area contributed by atoms with Gasteiger partial charge < -0.3 is 9.47 Å². The van der Waals surface area contributed by atoms with Crippen LogP contribution in [0.15, 0.2) is 0 Å². The second-order valence-electron chi connectivity index (χ2n) is 2.49. The van der Waals surface area contributed by atoms with Gasteiger partial charge in [-0.2, -0.15) is 13.2 Å². The Bertz CT molecular complexity index is 137. The predicted octanol–water partition coefficient (Wildman–Crippen LogP) is 1.70. The first-order valence-electron chi connectivity index (χ1n) is 3.30. The summed E-state index contributed by atoms with van der Waals surface area (Å²) in [5.74, 6) is -2.38. The molecule has 0 unspecified atom stereocenters. The van der Waals surface area contributed by atoms with Gasteiger partial charge in [0.1, 0.15) is 0 Å². The maximum Gasteiger partial charge on any atom is 0.442 e. The summed E-state index contributed by atoms with van der Waals surface area (Å²) in [6, 6.07) is 0. The van der Waals surface area contributed by atoms with E-state index in [1.165, 1.54) is 0 Å². The summed E-state index contributed by atoms with van der Waals surface area (Å²) < 4.78 is 45.2. The molecular formula is C6H9F3O2. The Morgan fingerprint density at radius 3 is 1.91 bits per heavy atom. The van der Waals surface area contributed by atoms with Crippen molar-refractivity contribution in [1.29, 1.82) is 0 Å². The number of rotatable bonds is 0. The minimum Gasteiger partial charge on any atom is -0.343 e. The van der Waals surface area contributed by atoms with Crippen molar-refractivity contribution in [3.8, 4) is 0 Å². The van der Waals surface area contributed by atoms with Crippen molar-refractivity contribution < 1.29 is 22.6 Å². The van der Waals surface area contributed by atoms with E-state index in [0.29, 0.717) is 6.42 Å². The first-order chi connectivity index (χ1) is 4.96. The Balaban J connectivity index is 2.64. The normalized spacial score (nSPS) is 25.1. The number of ether oxygens (including phenoxy) is 2. The third kappa shape index (κ3) is 1.65. The Morgan fingerprint density at radius 2 is 1.64 bits per heavy atom. The molecule has 1 fully saturated rings. The molecule has 0 amide bonds. The van der Waals surface area contributed by atoms with Gasteiger partial charge in [0, 0.05) is 0 Å². The van der Waals surface area contributed by atoms with Gasteiger partial charge >= 0.3 is 6.18 Å². The molecule has 1 heterocycles. The average molecular weight is 170 g/mol. The van der Waals surface area contributed by atoms with Gasteiger partial charge in [0.05, 0.1) is 13.2 Å². The zero-order chi connectivity index (χ0) is 8.54. The van der Waals surface area contributed by atoms with Crippen molar-refractivity contribution in [2.24, 2.45) is 0 Å². The SMILES string of the molecule is CC1(C(F)(F)F)OCCCO1. The van der Waals surface area contributed by atoms with Gasteiger partial charge in [-0.05, 0) is 13.3 Å². The Hall–Kier alpha value is -0.290. The molecule has 0 aliphatic carbocycles.